The molecule has 0 heterocycles. The van der Waals surface area contributed by atoms with Crippen molar-refractivity contribution >= 4 is 10.1 Å². The fourth-order valence-electron chi connectivity index (χ4n) is 4.00. The Morgan fingerprint density at radius 1 is 0.636 bits per heavy atom. The van der Waals surface area contributed by atoms with Crippen molar-refractivity contribution < 1.29 is 26.1 Å². The molecule has 1 N–H and O–H groups in total. The van der Waals surface area contributed by atoms with Gasteiger partial charge in [0.1, 0.15) is 0 Å². The molecule has 0 unspecified atom stereocenters. The fourth-order valence-corrected chi connectivity index (χ4v) is 4.00. The number of hydrogen-bond donors (Lipinski definition) is 1. The molecule has 0 saturated heterocycles. The molecule has 0 aromatic heterocycles. The van der Waals surface area contributed by atoms with E-state index in [4.69, 9.17) is 13.0 Å². The first-order valence-corrected chi connectivity index (χ1v) is 11.5. The van der Waals surface area contributed by atoms with E-state index < -0.39 is 15.6 Å². The van der Waals surface area contributed by atoms with Crippen LogP contribution in [0, 0.1) is 0 Å². The molecule has 0 saturated carbocycles. The predicted octanol–water partition coefficient (Wildman–Crippen LogP) is 6.99. The van der Waals surface area contributed by atoms with Crippen LogP contribution in [0.2, 0.25) is 0 Å². The van der Waals surface area contributed by atoms with Crippen molar-refractivity contribution in [3.05, 3.63) is 108 Å². The third-order valence-electron chi connectivity index (χ3n) is 5.43. The van der Waals surface area contributed by atoms with Gasteiger partial charge in [0.15, 0.2) is 0 Å². The second-order valence-electron chi connectivity index (χ2n) is 7.50. The molecule has 4 aromatic rings. The Balaban J connectivity index is 0.000000281. The van der Waals surface area contributed by atoms with Gasteiger partial charge in [-0.15, -0.1) is 0 Å². The summed E-state index contributed by atoms with van der Waals surface area (Å²) in [5.41, 5.74) is 5.38. The van der Waals surface area contributed by atoms with Gasteiger partial charge in [-0.3, -0.25) is 4.55 Å². The van der Waals surface area contributed by atoms with Crippen LogP contribution in [0.4, 0.5) is 13.2 Å². The lowest BCUT2D eigenvalue weighted by atomic mass is 9.88. The summed E-state index contributed by atoms with van der Waals surface area (Å²) in [5, 5.41) is 0. The smallest absolute Gasteiger partial charge is 0.279 e. The molecular formula is C26H19F3O3S. The quantitative estimate of drug-likeness (QED) is 0.224. The molecule has 0 aliphatic heterocycles. The SMILES string of the molecule is O=S(=O)(O)C(F)(F)F.c1ccc(-c2ccc3c(c2-c2ccccc2)Cc2ccccc2-3)cc1. The second-order valence-corrected chi connectivity index (χ2v) is 8.91. The summed E-state index contributed by atoms with van der Waals surface area (Å²) in [6, 6.07) is 34.9. The Labute approximate surface area is 189 Å². The molecule has 4 aromatic carbocycles. The Morgan fingerprint density at radius 3 is 1.70 bits per heavy atom. The molecule has 0 radical (unpaired) electrons. The Kier molecular flexibility index (Phi) is 6.10. The average Bonchev–Trinajstić information content (AvgIpc) is 3.17. The Morgan fingerprint density at radius 2 is 1.12 bits per heavy atom. The number of alkyl halides is 3. The van der Waals surface area contributed by atoms with Crippen LogP contribution in [0.3, 0.4) is 0 Å². The second kappa shape index (κ2) is 8.84. The molecule has 0 amide bonds. The van der Waals surface area contributed by atoms with Gasteiger partial charge in [0.25, 0.3) is 0 Å². The molecule has 7 heteroatoms. The van der Waals surface area contributed by atoms with E-state index >= 15 is 0 Å². The summed E-state index contributed by atoms with van der Waals surface area (Å²) in [6.45, 7) is 0. The summed E-state index contributed by atoms with van der Waals surface area (Å²) >= 11 is 0. The maximum atomic E-state index is 10.7. The van der Waals surface area contributed by atoms with Gasteiger partial charge in [0.2, 0.25) is 0 Å². The van der Waals surface area contributed by atoms with E-state index in [1.54, 1.807) is 0 Å². The van der Waals surface area contributed by atoms with Crippen LogP contribution in [0.25, 0.3) is 33.4 Å². The van der Waals surface area contributed by atoms with Crippen LogP contribution in [-0.4, -0.2) is 18.5 Å². The van der Waals surface area contributed by atoms with Gasteiger partial charge in [0, 0.05) is 0 Å². The van der Waals surface area contributed by atoms with Crippen LogP contribution < -0.4 is 0 Å². The highest BCUT2D eigenvalue weighted by Gasteiger charge is 2.44. The molecule has 0 fully saturated rings. The maximum absolute atomic E-state index is 10.7. The van der Waals surface area contributed by atoms with Gasteiger partial charge >= 0.3 is 15.6 Å². The molecule has 3 nitrogen and oxygen atoms in total. The lowest BCUT2D eigenvalue weighted by Gasteiger charge is -2.16. The van der Waals surface area contributed by atoms with Crippen LogP contribution in [0.15, 0.2) is 97.1 Å². The molecule has 0 spiro atoms. The zero-order chi connectivity index (χ0) is 23.6. The Hall–Kier alpha value is -3.42. The highest BCUT2D eigenvalue weighted by Crippen LogP contribution is 2.45. The van der Waals surface area contributed by atoms with Crippen LogP contribution >= 0.6 is 0 Å². The van der Waals surface area contributed by atoms with Gasteiger partial charge in [-0.1, -0.05) is 97.1 Å². The topological polar surface area (TPSA) is 54.4 Å². The lowest BCUT2D eigenvalue weighted by Crippen LogP contribution is -2.21. The number of benzene rings is 4. The molecule has 1 aliphatic rings. The van der Waals surface area contributed by atoms with Crippen molar-refractivity contribution in [1.82, 2.24) is 0 Å². The number of hydrogen-bond acceptors (Lipinski definition) is 2. The van der Waals surface area contributed by atoms with Crippen molar-refractivity contribution in [3.63, 3.8) is 0 Å². The summed E-state index contributed by atoms with van der Waals surface area (Å²) in [4.78, 5) is 0. The summed E-state index contributed by atoms with van der Waals surface area (Å²) in [5.74, 6) is 0. The molecule has 1 aliphatic carbocycles. The first-order valence-electron chi connectivity index (χ1n) is 10.1. The normalized spacial score (nSPS) is 12.4. The van der Waals surface area contributed by atoms with Gasteiger partial charge in [-0.25, -0.2) is 0 Å². The lowest BCUT2D eigenvalue weighted by molar-refractivity contribution is -0.0510. The first kappa shape index (κ1) is 22.8. The maximum Gasteiger partial charge on any atom is 0.522 e. The van der Waals surface area contributed by atoms with E-state index in [9.17, 15) is 13.2 Å². The van der Waals surface area contributed by atoms with E-state index in [2.05, 4.69) is 97.1 Å². The summed E-state index contributed by atoms with van der Waals surface area (Å²) in [6.07, 6.45) is 1.01. The van der Waals surface area contributed by atoms with E-state index in [0.717, 1.165) is 6.42 Å². The molecular weight excluding hydrogens is 449 g/mol. The number of fused-ring (bicyclic) bond motifs is 3. The third kappa shape index (κ3) is 4.69. The number of halogens is 3. The molecule has 5 rings (SSSR count). The van der Waals surface area contributed by atoms with Crippen molar-refractivity contribution in [1.29, 1.82) is 0 Å². The van der Waals surface area contributed by atoms with E-state index in [1.165, 1.54) is 44.5 Å². The van der Waals surface area contributed by atoms with E-state index in [0.29, 0.717) is 0 Å². The standard InChI is InChI=1S/C25H18.CHF3O3S/c1-3-9-18(10-4-1)22-15-16-23-21-14-8-7-13-20(21)17-24(23)25(22)19-11-5-2-6-12-19;2-1(3,4)8(5,6)7/h1-16H,17H2;(H,5,6,7). The van der Waals surface area contributed by atoms with Gasteiger partial charge < -0.3 is 0 Å². The van der Waals surface area contributed by atoms with Crippen LogP contribution in [-0.2, 0) is 16.5 Å². The number of rotatable bonds is 2. The van der Waals surface area contributed by atoms with Crippen molar-refractivity contribution in [2.24, 2.45) is 0 Å². The van der Waals surface area contributed by atoms with Gasteiger partial charge in [-0.05, 0) is 50.9 Å². The van der Waals surface area contributed by atoms with Gasteiger partial charge in [0.05, 0.1) is 0 Å². The zero-order valence-electron chi connectivity index (χ0n) is 17.3. The molecule has 0 bridgehead atoms. The highest BCUT2D eigenvalue weighted by atomic mass is 32.2. The van der Waals surface area contributed by atoms with Crippen molar-refractivity contribution in [2.75, 3.05) is 0 Å². The average molecular weight is 468 g/mol. The van der Waals surface area contributed by atoms with Crippen LogP contribution in [0.5, 0.6) is 0 Å². The highest BCUT2D eigenvalue weighted by molar-refractivity contribution is 7.86. The van der Waals surface area contributed by atoms with E-state index in [-0.39, 0.29) is 0 Å². The first-order chi connectivity index (χ1) is 15.7. The fraction of sp³-hybridized carbons (Fsp3) is 0.0769. The molecule has 33 heavy (non-hydrogen) atoms. The minimum absolute atomic E-state index is 1.01. The van der Waals surface area contributed by atoms with Gasteiger partial charge in [-0.2, -0.15) is 21.6 Å². The summed E-state index contributed by atoms with van der Waals surface area (Å²) < 4.78 is 57.5. The summed E-state index contributed by atoms with van der Waals surface area (Å²) in [7, 11) is -5.84. The monoisotopic (exact) mass is 468 g/mol. The van der Waals surface area contributed by atoms with Crippen molar-refractivity contribution in [3.8, 4) is 33.4 Å². The zero-order valence-corrected chi connectivity index (χ0v) is 18.1. The van der Waals surface area contributed by atoms with E-state index in [1.807, 2.05) is 0 Å². The Bertz CT molecular complexity index is 1380. The van der Waals surface area contributed by atoms with Crippen LogP contribution in [0.1, 0.15) is 11.1 Å². The minimum atomic E-state index is -5.84. The molecule has 168 valence electrons. The predicted molar refractivity (Wildman–Crippen MR) is 123 cm³/mol. The molecule has 0 atom stereocenters. The minimum Gasteiger partial charge on any atom is -0.279 e. The largest absolute Gasteiger partial charge is 0.522 e. The third-order valence-corrected chi connectivity index (χ3v) is 6.01. The van der Waals surface area contributed by atoms with Crippen molar-refractivity contribution in [2.45, 2.75) is 11.9 Å².